The third-order valence-corrected chi connectivity index (χ3v) is 2.05. The maximum absolute atomic E-state index is 13.2. The van der Waals surface area contributed by atoms with Crippen LogP contribution in [0.1, 0.15) is 5.56 Å². The highest BCUT2D eigenvalue weighted by atomic mass is 19.1. The van der Waals surface area contributed by atoms with E-state index in [1.165, 1.54) is 18.5 Å². The van der Waals surface area contributed by atoms with Crippen molar-refractivity contribution in [2.75, 3.05) is 5.73 Å². The molecule has 0 saturated carbocycles. The number of benzene rings is 1. The van der Waals surface area contributed by atoms with Crippen LogP contribution in [0.5, 0.6) is 11.6 Å². The van der Waals surface area contributed by atoms with Crippen LogP contribution in [0, 0.1) is 12.7 Å². The first-order valence-corrected chi connectivity index (χ1v) is 4.67. The molecule has 2 rings (SSSR count). The Bertz CT molecular complexity index is 516. The Morgan fingerprint density at radius 3 is 2.69 bits per heavy atom. The van der Waals surface area contributed by atoms with E-state index in [4.69, 9.17) is 10.5 Å². The topological polar surface area (TPSA) is 61.0 Å². The summed E-state index contributed by atoms with van der Waals surface area (Å²) in [4.78, 5) is 7.71. The van der Waals surface area contributed by atoms with Crippen molar-refractivity contribution in [2.24, 2.45) is 0 Å². The van der Waals surface area contributed by atoms with Gasteiger partial charge in [0.1, 0.15) is 11.6 Å². The first-order chi connectivity index (χ1) is 7.66. The molecule has 1 aromatic carbocycles. The third kappa shape index (κ3) is 2.08. The van der Waals surface area contributed by atoms with Gasteiger partial charge in [0.25, 0.3) is 5.88 Å². The Morgan fingerprint density at radius 1 is 1.25 bits per heavy atom. The molecule has 16 heavy (non-hydrogen) atoms. The molecular weight excluding hydrogens is 209 g/mol. The van der Waals surface area contributed by atoms with Crippen LogP contribution in [0.4, 0.5) is 10.2 Å². The summed E-state index contributed by atoms with van der Waals surface area (Å²) >= 11 is 0. The van der Waals surface area contributed by atoms with Gasteiger partial charge in [-0.3, -0.25) is 0 Å². The zero-order valence-corrected chi connectivity index (χ0v) is 8.64. The quantitative estimate of drug-likeness (QED) is 0.841. The fourth-order valence-corrected chi connectivity index (χ4v) is 1.16. The molecule has 0 atom stereocenters. The molecule has 0 unspecified atom stereocenters. The SMILES string of the molecule is Cc1ccc(Oc2nccnc2N)cc1F. The highest BCUT2D eigenvalue weighted by Crippen LogP contribution is 2.24. The predicted octanol–water partition coefficient (Wildman–Crippen LogP) is 2.30. The molecule has 2 aromatic rings. The summed E-state index contributed by atoms with van der Waals surface area (Å²) in [5.74, 6) is 0.351. The van der Waals surface area contributed by atoms with Crippen molar-refractivity contribution in [2.45, 2.75) is 6.92 Å². The molecule has 2 N–H and O–H groups in total. The fourth-order valence-electron chi connectivity index (χ4n) is 1.16. The number of nitrogens with zero attached hydrogens (tertiary/aromatic N) is 2. The van der Waals surface area contributed by atoms with Crippen LogP contribution in [0.25, 0.3) is 0 Å². The molecule has 0 radical (unpaired) electrons. The lowest BCUT2D eigenvalue weighted by atomic mass is 10.2. The van der Waals surface area contributed by atoms with E-state index in [-0.39, 0.29) is 17.5 Å². The summed E-state index contributed by atoms with van der Waals surface area (Å²) in [5, 5.41) is 0. The van der Waals surface area contributed by atoms with Crippen molar-refractivity contribution in [3.8, 4) is 11.6 Å². The second-order valence-corrected chi connectivity index (χ2v) is 3.26. The highest BCUT2D eigenvalue weighted by molar-refractivity contribution is 5.42. The van der Waals surface area contributed by atoms with Gasteiger partial charge in [0.05, 0.1) is 0 Å². The van der Waals surface area contributed by atoms with Gasteiger partial charge in [-0.15, -0.1) is 0 Å². The van der Waals surface area contributed by atoms with Crippen LogP contribution < -0.4 is 10.5 Å². The minimum atomic E-state index is -0.333. The first kappa shape index (κ1) is 10.4. The van der Waals surface area contributed by atoms with Crippen molar-refractivity contribution in [1.29, 1.82) is 0 Å². The van der Waals surface area contributed by atoms with Crippen LogP contribution >= 0.6 is 0 Å². The molecule has 0 saturated heterocycles. The number of ether oxygens (including phenoxy) is 1. The van der Waals surface area contributed by atoms with Gasteiger partial charge >= 0.3 is 0 Å². The minimum absolute atomic E-state index is 0.170. The Morgan fingerprint density at radius 2 is 2.00 bits per heavy atom. The fraction of sp³-hybridized carbons (Fsp3) is 0.0909. The summed E-state index contributed by atoms with van der Waals surface area (Å²) in [6, 6.07) is 4.55. The largest absolute Gasteiger partial charge is 0.436 e. The molecule has 0 fully saturated rings. The number of anilines is 1. The Labute approximate surface area is 91.9 Å². The smallest absolute Gasteiger partial charge is 0.262 e. The number of hydrogen-bond donors (Lipinski definition) is 1. The number of rotatable bonds is 2. The molecule has 0 aliphatic rings. The number of nitrogen functional groups attached to an aromatic ring is 1. The molecule has 0 aliphatic carbocycles. The molecule has 5 heteroatoms. The van der Waals surface area contributed by atoms with Gasteiger partial charge < -0.3 is 10.5 Å². The van der Waals surface area contributed by atoms with Crippen molar-refractivity contribution in [3.05, 3.63) is 42.0 Å². The maximum Gasteiger partial charge on any atom is 0.262 e. The minimum Gasteiger partial charge on any atom is -0.436 e. The van der Waals surface area contributed by atoms with Crippen LogP contribution in [-0.4, -0.2) is 9.97 Å². The van der Waals surface area contributed by atoms with Crippen LogP contribution in [0.3, 0.4) is 0 Å². The highest BCUT2D eigenvalue weighted by Gasteiger charge is 2.05. The Balaban J connectivity index is 2.28. The van der Waals surface area contributed by atoms with E-state index in [1.807, 2.05) is 0 Å². The number of halogens is 1. The summed E-state index contributed by atoms with van der Waals surface area (Å²) in [6.45, 7) is 1.68. The number of aryl methyl sites for hydroxylation is 1. The summed E-state index contributed by atoms with van der Waals surface area (Å²) in [5.41, 5.74) is 6.10. The lowest BCUT2D eigenvalue weighted by molar-refractivity contribution is 0.458. The molecule has 0 aliphatic heterocycles. The first-order valence-electron chi connectivity index (χ1n) is 4.67. The predicted molar refractivity (Wildman–Crippen MR) is 57.7 cm³/mol. The summed E-state index contributed by atoms with van der Waals surface area (Å²) in [7, 11) is 0. The average Bonchev–Trinajstić information content (AvgIpc) is 2.27. The van der Waals surface area contributed by atoms with Gasteiger partial charge in [0.2, 0.25) is 0 Å². The number of hydrogen-bond acceptors (Lipinski definition) is 4. The molecule has 0 spiro atoms. The monoisotopic (exact) mass is 219 g/mol. The molecule has 1 heterocycles. The zero-order valence-electron chi connectivity index (χ0n) is 8.64. The lowest BCUT2D eigenvalue weighted by Gasteiger charge is -2.06. The Kier molecular flexibility index (Phi) is 2.68. The molecule has 0 amide bonds. The van der Waals surface area contributed by atoms with E-state index in [9.17, 15) is 4.39 Å². The molecule has 0 bridgehead atoms. The van der Waals surface area contributed by atoms with Gasteiger partial charge in [0.15, 0.2) is 5.82 Å². The van der Waals surface area contributed by atoms with Crippen molar-refractivity contribution < 1.29 is 9.13 Å². The van der Waals surface area contributed by atoms with Gasteiger partial charge in [-0.1, -0.05) is 6.07 Å². The normalized spacial score (nSPS) is 10.1. The van der Waals surface area contributed by atoms with Gasteiger partial charge in [-0.25, -0.2) is 14.4 Å². The van der Waals surface area contributed by atoms with Crippen LogP contribution in [0.15, 0.2) is 30.6 Å². The molecule has 82 valence electrons. The van der Waals surface area contributed by atoms with Crippen molar-refractivity contribution in [3.63, 3.8) is 0 Å². The van der Waals surface area contributed by atoms with Gasteiger partial charge in [-0.05, 0) is 18.6 Å². The van der Waals surface area contributed by atoms with E-state index in [1.54, 1.807) is 19.1 Å². The summed E-state index contributed by atoms with van der Waals surface area (Å²) in [6.07, 6.45) is 2.91. The van der Waals surface area contributed by atoms with Crippen LogP contribution in [0.2, 0.25) is 0 Å². The van der Waals surface area contributed by atoms with E-state index < -0.39 is 0 Å². The van der Waals surface area contributed by atoms with E-state index in [0.717, 1.165) is 0 Å². The molecular formula is C11H10FN3O. The lowest BCUT2D eigenvalue weighted by Crippen LogP contribution is -1.97. The maximum atomic E-state index is 13.2. The van der Waals surface area contributed by atoms with Gasteiger partial charge in [0, 0.05) is 18.5 Å². The van der Waals surface area contributed by atoms with E-state index >= 15 is 0 Å². The Hall–Kier alpha value is -2.17. The number of nitrogens with two attached hydrogens (primary N) is 1. The van der Waals surface area contributed by atoms with Crippen molar-refractivity contribution in [1.82, 2.24) is 9.97 Å². The second kappa shape index (κ2) is 4.14. The van der Waals surface area contributed by atoms with E-state index in [0.29, 0.717) is 11.3 Å². The van der Waals surface area contributed by atoms with Crippen molar-refractivity contribution >= 4 is 5.82 Å². The van der Waals surface area contributed by atoms with Gasteiger partial charge in [-0.2, -0.15) is 0 Å². The van der Waals surface area contributed by atoms with E-state index in [2.05, 4.69) is 9.97 Å². The summed E-state index contributed by atoms with van der Waals surface area (Å²) < 4.78 is 18.5. The standard InChI is InChI=1S/C11H10FN3O/c1-7-2-3-8(6-9(7)12)16-11-10(13)14-4-5-15-11/h2-6H,1H3,(H2,13,14). The molecule has 4 nitrogen and oxygen atoms in total. The third-order valence-electron chi connectivity index (χ3n) is 2.05. The van der Waals surface area contributed by atoms with Crippen LogP contribution in [-0.2, 0) is 0 Å². The zero-order chi connectivity index (χ0) is 11.5. The second-order valence-electron chi connectivity index (χ2n) is 3.26. The number of aromatic nitrogens is 2. The molecule has 1 aromatic heterocycles. The average molecular weight is 219 g/mol.